The lowest BCUT2D eigenvalue weighted by Crippen LogP contribution is -2.10. The van der Waals surface area contributed by atoms with Gasteiger partial charge in [0.2, 0.25) is 0 Å². The number of nitrogens with zero attached hydrogens (tertiary/aromatic N) is 2. The second kappa shape index (κ2) is 4.61. The minimum atomic E-state index is 0.350. The van der Waals surface area contributed by atoms with Gasteiger partial charge in [-0.05, 0) is 24.7 Å². The highest BCUT2D eigenvalue weighted by Crippen LogP contribution is 2.37. The molecule has 1 aromatic rings. The number of hydrogen-bond acceptors (Lipinski definition) is 3. The number of fused-ring (bicyclic) bond motifs is 1. The van der Waals surface area contributed by atoms with Gasteiger partial charge < -0.3 is 10.5 Å². The molecule has 0 aromatic carbocycles. The summed E-state index contributed by atoms with van der Waals surface area (Å²) >= 11 is 0. The molecule has 18 heavy (non-hydrogen) atoms. The van der Waals surface area contributed by atoms with Gasteiger partial charge in [0, 0.05) is 13.1 Å². The Labute approximate surface area is 107 Å². The lowest BCUT2D eigenvalue weighted by Gasteiger charge is -2.12. The second-order valence-corrected chi connectivity index (χ2v) is 5.19. The van der Waals surface area contributed by atoms with E-state index < -0.39 is 0 Å². The highest BCUT2D eigenvalue weighted by molar-refractivity contribution is 5.29. The third kappa shape index (κ3) is 2.20. The Balaban J connectivity index is 1.57. The predicted octanol–water partition coefficient (Wildman–Crippen LogP) is 2.04. The molecule has 0 saturated heterocycles. The van der Waals surface area contributed by atoms with Crippen LogP contribution in [-0.4, -0.2) is 15.9 Å². The van der Waals surface area contributed by atoms with Crippen LogP contribution in [0.5, 0.6) is 0 Å². The Morgan fingerprint density at radius 2 is 2.00 bits per heavy atom. The monoisotopic (exact) mass is 245 g/mol. The van der Waals surface area contributed by atoms with Crippen molar-refractivity contribution in [3.8, 4) is 0 Å². The van der Waals surface area contributed by atoms with Gasteiger partial charge >= 0.3 is 0 Å². The molecule has 0 unspecified atom stereocenters. The summed E-state index contributed by atoms with van der Waals surface area (Å²) in [6.45, 7) is 0.595. The number of anilines is 1. The summed E-state index contributed by atoms with van der Waals surface area (Å²) < 4.78 is 7.78. The molecule has 0 spiro atoms. The third-order valence-corrected chi connectivity index (χ3v) is 3.91. The molecule has 0 bridgehead atoms. The van der Waals surface area contributed by atoms with Crippen molar-refractivity contribution in [1.82, 2.24) is 9.78 Å². The summed E-state index contributed by atoms with van der Waals surface area (Å²) in [5.41, 5.74) is 6.69. The number of ether oxygens (including phenoxy) is 1. The lowest BCUT2D eigenvalue weighted by molar-refractivity contribution is 0.0394. The van der Waals surface area contributed by atoms with Crippen LogP contribution in [0.2, 0.25) is 0 Å². The fraction of sp³-hybridized carbons (Fsp3) is 0.500. The Bertz CT molecular complexity index is 469. The quantitative estimate of drug-likeness (QED) is 0.886. The largest absolute Gasteiger partial charge is 0.382 e. The number of aryl methyl sites for hydroxylation is 1. The van der Waals surface area contributed by atoms with E-state index in [-0.39, 0.29) is 0 Å². The van der Waals surface area contributed by atoms with Crippen LogP contribution in [0.15, 0.2) is 30.4 Å². The molecule has 2 atom stereocenters. The molecule has 2 N–H and O–H groups in total. The van der Waals surface area contributed by atoms with Crippen molar-refractivity contribution in [1.29, 1.82) is 0 Å². The van der Waals surface area contributed by atoms with Crippen LogP contribution in [0.25, 0.3) is 0 Å². The van der Waals surface area contributed by atoms with Crippen molar-refractivity contribution in [3.05, 3.63) is 36.1 Å². The maximum Gasteiger partial charge on any atom is 0.145 e. The van der Waals surface area contributed by atoms with E-state index >= 15 is 0 Å². The van der Waals surface area contributed by atoms with Gasteiger partial charge in [0.1, 0.15) is 5.82 Å². The molecule has 96 valence electrons. The van der Waals surface area contributed by atoms with E-state index in [0.717, 1.165) is 18.5 Å². The maximum atomic E-state index is 5.99. The number of nitrogens with two attached hydrogens (primary N) is 1. The van der Waals surface area contributed by atoms with E-state index in [0.29, 0.717) is 30.4 Å². The summed E-state index contributed by atoms with van der Waals surface area (Å²) in [6.07, 6.45) is 11.5. The first-order valence-corrected chi connectivity index (χ1v) is 6.47. The van der Waals surface area contributed by atoms with Gasteiger partial charge in [0.25, 0.3) is 0 Å². The number of rotatable bonds is 3. The van der Waals surface area contributed by atoms with Gasteiger partial charge in [-0.2, -0.15) is 5.10 Å². The first kappa shape index (κ1) is 11.5. The SMILES string of the molecule is Cn1nc(N)cc1COC1C[C@@H]2C=CC=C[C@H]2C1. The van der Waals surface area contributed by atoms with Gasteiger partial charge in [-0.15, -0.1) is 0 Å². The van der Waals surface area contributed by atoms with E-state index in [9.17, 15) is 0 Å². The zero-order chi connectivity index (χ0) is 12.5. The molecule has 1 saturated carbocycles. The lowest BCUT2D eigenvalue weighted by atomic mass is 9.92. The average molecular weight is 245 g/mol. The van der Waals surface area contributed by atoms with Crippen LogP contribution >= 0.6 is 0 Å². The molecule has 1 aromatic heterocycles. The van der Waals surface area contributed by atoms with E-state index in [1.807, 2.05) is 13.1 Å². The molecule has 2 aliphatic rings. The average Bonchev–Trinajstić information content (AvgIpc) is 2.89. The Morgan fingerprint density at radius 3 is 2.56 bits per heavy atom. The molecule has 2 aliphatic carbocycles. The molecule has 1 heterocycles. The Hall–Kier alpha value is -1.55. The van der Waals surface area contributed by atoms with Gasteiger partial charge in [-0.25, -0.2) is 0 Å². The van der Waals surface area contributed by atoms with Gasteiger partial charge in [-0.1, -0.05) is 24.3 Å². The molecule has 0 aliphatic heterocycles. The summed E-state index contributed by atoms with van der Waals surface area (Å²) in [5, 5.41) is 4.12. The molecule has 0 radical (unpaired) electrons. The van der Waals surface area contributed by atoms with Crippen LogP contribution in [0.3, 0.4) is 0 Å². The number of hydrogen-bond donors (Lipinski definition) is 1. The first-order valence-electron chi connectivity index (χ1n) is 6.47. The molecule has 3 rings (SSSR count). The van der Waals surface area contributed by atoms with Crippen molar-refractivity contribution >= 4 is 5.82 Å². The van der Waals surface area contributed by atoms with E-state index in [1.165, 1.54) is 0 Å². The topological polar surface area (TPSA) is 53.1 Å². The van der Waals surface area contributed by atoms with Crippen LogP contribution in [0.1, 0.15) is 18.5 Å². The summed E-state index contributed by atoms with van der Waals surface area (Å²) in [7, 11) is 1.90. The molecule has 4 nitrogen and oxygen atoms in total. The number of allylic oxidation sites excluding steroid dienone is 4. The summed E-state index contributed by atoms with van der Waals surface area (Å²) in [4.78, 5) is 0. The van der Waals surface area contributed by atoms with Gasteiger partial charge in [-0.3, -0.25) is 4.68 Å². The summed E-state index contributed by atoms with van der Waals surface area (Å²) in [6, 6.07) is 1.88. The molecule has 0 amide bonds. The van der Waals surface area contributed by atoms with Crippen molar-refractivity contribution < 1.29 is 4.74 Å². The Kier molecular flexibility index (Phi) is 2.96. The van der Waals surface area contributed by atoms with Crippen molar-refractivity contribution in [3.63, 3.8) is 0 Å². The van der Waals surface area contributed by atoms with Crippen molar-refractivity contribution in [2.24, 2.45) is 18.9 Å². The fourth-order valence-electron chi connectivity index (χ4n) is 2.91. The highest BCUT2D eigenvalue weighted by atomic mass is 16.5. The first-order chi connectivity index (χ1) is 8.72. The highest BCUT2D eigenvalue weighted by Gasteiger charge is 2.32. The smallest absolute Gasteiger partial charge is 0.145 e. The van der Waals surface area contributed by atoms with Gasteiger partial charge in [0.15, 0.2) is 0 Å². The zero-order valence-electron chi connectivity index (χ0n) is 10.6. The second-order valence-electron chi connectivity index (χ2n) is 5.19. The standard InChI is InChI=1S/C14H19N3O/c1-17-12(8-14(15)16-17)9-18-13-6-10-4-2-3-5-11(10)7-13/h2-5,8,10-11,13H,6-7,9H2,1H3,(H2,15,16)/t10-,11-/m0/s1. The van der Waals surface area contributed by atoms with Crippen LogP contribution < -0.4 is 5.73 Å². The normalized spacial score (nSPS) is 26.7. The van der Waals surface area contributed by atoms with Crippen LogP contribution in [0, 0.1) is 11.8 Å². The fourth-order valence-corrected chi connectivity index (χ4v) is 2.91. The van der Waals surface area contributed by atoms with Crippen LogP contribution in [-0.2, 0) is 18.4 Å². The van der Waals surface area contributed by atoms with E-state index in [4.69, 9.17) is 10.5 Å². The molecule has 4 heteroatoms. The molecule has 1 fully saturated rings. The van der Waals surface area contributed by atoms with Gasteiger partial charge in [0.05, 0.1) is 18.4 Å². The van der Waals surface area contributed by atoms with E-state index in [1.54, 1.807) is 4.68 Å². The molecular formula is C14H19N3O. The zero-order valence-corrected chi connectivity index (χ0v) is 10.6. The van der Waals surface area contributed by atoms with Crippen LogP contribution in [0.4, 0.5) is 5.82 Å². The summed E-state index contributed by atoms with van der Waals surface area (Å²) in [5.74, 6) is 1.88. The van der Waals surface area contributed by atoms with Crippen molar-refractivity contribution in [2.75, 3.05) is 5.73 Å². The number of aromatic nitrogens is 2. The minimum Gasteiger partial charge on any atom is -0.382 e. The Morgan fingerprint density at radius 1 is 1.33 bits per heavy atom. The third-order valence-electron chi connectivity index (χ3n) is 3.91. The maximum absolute atomic E-state index is 5.99. The number of nitrogen functional groups attached to an aromatic ring is 1. The van der Waals surface area contributed by atoms with Crippen molar-refractivity contribution in [2.45, 2.75) is 25.6 Å². The minimum absolute atomic E-state index is 0.350. The predicted molar refractivity (Wildman–Crippen MR) is 70.7 cm³/mol. The molecular weight excluding hydrogens is 226 g/mol. The van der Waals surface area contributed by atoms with E-state index in [2.05, 4.69) is 29.4 Å².